The topological polar surface area (TPSA) is 29.5 Å². The van der Waals surface area contributed by atoms with E-state index in [9.17, 15) is 0 Å². The first-order chi connectivity index (χ1) is 6.69. The lowest BCUT2D eigenvalue weighted by Crippen LogP contribution is -2.00. The fourth-order valence-corrected chi connectivity index (χ4v) is 1.62. The van der Waals surface area contributed by atoms with E-state index in [1.165, 1.54) is 0 Å². The Hall–Kier alpha value is -0.730. The van der Waals surface area contributed by atoms with Crippen molar-refractivity contribution in [1.29, 1.82) is 0 Å². The third kappa shape index (κ3) is 2.63. The molecule has 1 aromatic carbocycles. The van der Waals surface area contributed by atoms with Gasteiger partial charge >= 0.3 is 0 Å². The number of aliphatic hydroxyl groups is 1. The molecule has 0 fully saturated rings. The number of benzene rings is 1. The van der Waals surface area contributed by atoms with Crippen molar-refractivity contribution in [2.45, 2.75) is 19.3 Å². The highest BCUT2D eigenvalue weighted by molar-refractivity contribution is 6.30. The highest BCUT2D eigenvalue weighted by Gasteiger charge is 2.11. The van der Waals surface area contributed by atoms with E-state index in [1.807, 2.05) is 19.1 Å². The van der Waals surface area contributed by atoms with Gasteiger partial charge in [-0.1, -0.05) is 18.5 Å². The van der Waals surface area contributed by atoms with Crippen molar-refractivity contribution in [1.82, 2.24) is 0 Å². The van der Waals surface area contributed by atoms with Crippen molar-refractivity contribution in [2.75, 3.05) is 13.7 Å². The smallest absolute Gasteiger partial charge is 0.122 e. The number of halogens is 1. The molecule has 14 heavy (non-hydrogen) atoms. The van der Waals surface area contributed by atoms with E-state index in [1.54, 1.807) is 13.2 Å². The van der Waals surface area contributed by atoms with Gasteiger partial charge in [0.1, 0.15) is 5.75 Å². The Morgan fingerprint density at radius 3 is 2.79 bits per heavy atom. The maximum atomic E-state index is 8.86. The Bertz CT molecular complexity index is 299. The predicted octanol–water partition coefficient (Wildman–Crippen LogP) is 2.83. The lowest BCUT2D eigenvalue weighted by molar-refractivity contribution is 0.277. The largest absolute Gasteiger partial charge is 0.496 e. The van der Waals surface area contributed by atoms with Crippen molar-refractivity contribution in [3.63, 3.8) is 0 Å². The maximum Gasteiger partial charge on any atom is 0.122 e. The summed E-state index contributed by atoms with van der Waals surface area (Å²) in [6.07, 6.45) is 0.719. The molecule has 0 bridgehead atoms. The highest BCUT2D eigenvalue weighted by Crippen LogP contribution is 2.30. The summed E-state index contributed by atoms with van der Waals surface area (Å²) in [5.74, 6) is 1.09. The zero-order valence-electron chi connectivity index (χ0n) is 8.46. The first-order valence-electron chi connectivity index (χ1n) is 4.63. The maximum absolute atomic E-state index is 8.86. The second-order valence-electron chi connectivity index (χ2n) is 3.30. The molecule has 2 nitrogen and oxygen atoms in total. The molecule has 0 heterocycles. The minimum absolute atomic E-state index is 0.177. The molecule has 0 radical (unpaired) electrons. The van der Waals surface area contributed by atoms with Crippen LogP contribution in [0.4, 0.5) is 0 Å². The number of hydrogen-bond donors (Lipinski definition) is 1. The third-order valence-corrected chi connectivity index (χ3v) is 2.52. The van der Waals surface area contributed by atoms with Gasteiger partial charge in [0.15, 0.2) is 0 Å². The molecule has 0 aliphatic heterocycles. The number of ether oxygens (including phenoxy) is 1. The standard InChI is InChI=1S/C11H15ClO2/c1-8(5-6-13)10-7-9(12)3-4-11(10)14-2/h3-4,7-8,13H,5-6H2,1-2H3. The molecular weight excluding hydrogens is 200 g/mol. The predicted molar refractivity (Wildman–Crippen MR) is 58.1 cm³/mol. The third-order valence-electron chi connectivity index (χ3n) is 2.28. The van der Waals surface area contributed by atoms with E-state index in [4.69, 9.17) is 21.4 Å². The van der Waals surface area contributed by atoms with Gasteiger partial charge in [-0.3, -0.25) is 0 Å². The van der Waals surface area contributed by atoms with Crippen LogP contribution in [0.1, 0.15) is 24.8 Å². The van der Waals surface area contributed by atoms with Crippen LogP contribution in [0.25, 0.3) is 0 Å². The van der Waals surface area contributed by atoms with Crippen molar-refractivity contribution in [3.8, 4) is 5.75 Å². The van der Waals surface area contributed by atoms with Gasteiger partial charge in [-0.2, -0.15) is 0 Å². The molecule has 1 N–H and O–H groups in total. The van der Waals surface area contributed by atoms with Crippen LogP contribution in [0.5, 0.6) is 5.75 Å². The van der Waals surface area contributed by atoms with Crippen LogP contribution in [0, 0.1) is 0 Å². The molecule has 0 aliphatic rings. The summed E-state index contributed by atoms with van der Waals surface area (Å²) in [5, 5.41) is 9.56. The highest BCUT2D eigenvalue weighted by atomic mass is 35.5. The van der Waals surface area contributed by atoms with Crippen LogP contribution in [0.2, 0.25) is 5.02 Å². The van der Waals surface area contributed by atoms with Gasteiger partial charge in [-0.25, -0.2) is 0 Å². The number of hydrogen-bond acceptors (Lipinski definition) is 2. The summed E-state index contributed by atoms with van der Waals surface area (Å²) >= 11 is 5.90. The lowest BCUT2D eigenvalue weighted by atomic mass is 9.97. The Balaban J connectivity index is 2.97. The van der Waals surface area contributed by atoms with Crippen molar-refractivity contribution in [2.24, 2.45) is 0 Å². The van der Waals surface area contributed by atoms with Crippen LogP contribution in [0.3, 0.4) is 0 Å². The molecule has 0 aromatic heterocycles. The van der Waals surface area contributed by atoms with Gasteiger partial charge in [-0.05, 0) is 36.1 Å². The van der Waals surface area contributed by atoms with E-state index < -0.39 is 0 Å². The fraction of sp³-hybridized carbons (Fsp3) is 0.455. The SMILES string of the molecule is COc1ccc(Cl)cc1C(C)CCO. The number of rotatable bonds is 4. The molecule has 3 heteroatoms. The van der Waals surface area contributed by atoms with Crippen LogP contribution in [-0.2, 0) is 0 Å². The van der Waals surface area contributed by atoms with Crippen LogP contribution >= 0.6 is 11.6 Å². The minimum atomic E-state index is 0.177. The van der Waals surface area contributed by atoms with Crippen molar-refractivity contribution < 1.29 is 9.84 Å². The normalized spacial score (nSPS) is 12.6. The summed E-state index contributed by atoms with van der Waals surface area (Å²) < 4.78 is 5.23. The van der Waals surface area contributed by atoms with Crippen LogP contribution in [-0.4, -0.2) is 18.8 Å². The summed E-state index contributed by atoms with van der Waals surface area (Å²) in [7, 11) is 1.64. The lowest BCUT2D eigenvalue weighted by Gasteiger charge is -2.14. The molecule has 1 unspecified atom stereocenters. The van der Waals surface area contributed by atoms with Crippen LogP contribution < -0.4 is 4.74 Å². The Morgan fingerprint density at radius 2 is 2.21 bits per heavy atom. The average molecular weight is 215 g/mol. The zero-order valence-corrected chi connectivity index (χ0v) is 9.21. The van der Waals surface area contributed by atoms with Gasteiger partial charge in [0.25, 0.3) is 0 Å². The molecule has 0 saturated heterocycles. The Morgan fingerprint density at radius 1 is 1.50 bits per heavy atom. The quantitative estimate of drug-likeness (QED) is 0.835. The molecule has 1 atom stereocenters. The van der Waals surface area contributed by atoms with E-state index >= 15 is 0 Å². The van der Waals surface area contributed by atoms with Gasteiger partial charge in [0.05, 0.1) is 7.11 Å². The number of methoxy groups -OCH3 is 1. The summed E-state index contributed by atoms with van der Waals surface area (Å²) in [6.45, 7) is 2.22. The molecule has 1 aromatic rings. The average Bonchev–Trinajstić information content (AvgIpc) is 2.18. The molecule has 78 valence electrons. The van der Waals surface area contributed by atoms with E-state index in [0.29, 0.717) is 5.02 Å². The summed E-state index contributed by atoms with van der Waals surface area (Å²) in [6, 6.07) is 5.54. The molecular formula is C11H15ClO2. The second kappa shape index (κ2) is 5.23. The molecule has 0 spiro atoms. The van der Waals surface area contributed by atoms with E-state index in [-0.39, 0.29) is 12.5 Å². The van der Waals surface area contributed by atoms with Crippen molar-refractivity contribution in [3.05, 3.63) is 28.8 Å². The van der Waals surface area contributed by atoms with Gasteiger partial charge in [-0.15, -0.1) is 0 Å². The van der Waals surface area contributed by atoms with Gasteiger partial charge in [0.2, 0.25) is 0 Å². The monoisotopic (exact) mass is 214 g/mol. The Kier molecular flexibility index (Phi) is 4.23. The van der Waals surface area contributed by atoms with Gasteiger partial charge < -0.3 is 9.84 Å². The summed E-state index contributed by atoms with van der Waals surface area (Å²) in [4.78, 5) is 0. The molecule has 1 rings (SSSR count). The molecule has 0 aliphatic carbocycles. The first-order valence-corrected chi connectivity index (χ1v) is 5.01. The molecule has 0 saturated carbocycles. The fourth-order valence-electron chi connectivity index (χ4n) is 1.44. The second-order valence-corrected chi connectivity index (χ2v) is 3.74. The van der Waals surface area contributed by atoms with E-state index in [2.05, 4.69) is 0 Å². The number of aliphatic hydroxyl groups excluding tert-OH is 1. The molecule has 0 amide bonds. The Labute approximate surface area is 89.5 Å². The van der Waals surface area contributed by atoms with Crippen molar-refractivity contribution >= 4 is 11.6 Å². The first kappa shape index (κ1) is 11.3. The summed E-state index contributed by atoms with van der Waals surface area (Å²) in [5.41, 5.74) is 1.05. The van der Waals surface area contributed by atoms with Crippen LogP contribution in [0.15, 0.2) is 18.2 Å². The minimum Gasteiger partial charge on any atom is -0.496 e. The van der Waals surface area contributed by atoms with E-state index in [0.717, 1.165) is 17.7 Å². The zero-order chi connectivity index (χ0) is 10.6. The van der Waals surface area contributed by atoms with Gasteiger partial charge in [0, 0.05) is 11.6 Å².